The van der Waals surface area contributed by atoms with Crippen molar-refractivity contribution in [2.24, 2.45) is 5.90 Å². The summed E-state index contributed by atoms with van der Waals surface area (Å²) in [6, 6.07) is 3.38. The summed E-state index contributed by atoms with van der Waals surface area (Å²) in [6.07, 6.45) is 0.556. The predicted octanol–water partition coefficient (Wildman–Crippen LogP) is 0.615. The van der Waals surface area contributed by atoms with Gasteiger partial charge in [0, 0.05) is 11.4 Å². The number of nitrogens with one attached hydrogen (secondary N) is 1. The van der Waals surface area contributed by atoms with Gasteiger partial charge in [0.15, 0.2) is 0 Å². The molecular formula is C8H14N2O3S2. The lowest BCUT2D eigenvalue weighted by Gasteiger charge is -2.03. The van der Waals surface area contributed by atoms with Gasteiger partial charge in [0.1, 0.15) is 4.21 Å². The molecule has 86 valence electrons. The van der Waals surface area contributed by atoms with Crippen molar-refractivity contribution in [1.29, 1.82) is 0 Å². The Labute approximate surface area is 93.2 Å². The lowest BCUT2D eigenvalue weighted by atomic mass is 10.5. The molecule has 0 fully saturated rings. The second-order valence-corrected chi connectivity index (χ2v) is 6.27. The van der Waals surface area contributed by atoms with Crippen LogP contribution in [-0.2, 0) is 14.9 Å². The van der Waals surface area contributed by atoms with Gasteiger partial charge in [-0.15, -0.1) is 11.3 Å². The first kappa shape index (κ1) is 12.6. The maximum absolute atomic E-state index is 11.6. The average molecular weight is 250 g/mol. The van der Waals surface area contributed by atoms with Crippen molar-refractivity contribution >= 4 is 21.4 Å². The molecule has 5 nitrogen and oxygen atoms in total. The third-order valence-corrected chi connectivity index (χ3v) is 4.67. The van der Waals surface area contributed by atoms with E-state index in [1.165, 1.54) is 11.3 Å². The summed E-state index contributed by atoms with van der Waals surface area (Å²) in [5.74, 6) is 4.82. The van der Waals surface area contributed by atoms with E-state index in [4.69, 9.17) is 5.90 Å². The van der Waals surface area contributed by atoms with Crippen molar-refractivity contribution in [3.8, 4) is 0 Å². The molecule has 0 aliphatic heterocycles. The Morgan fingerprint density at radius 3 is 2.80 bits per heavy atom. The monoisotopic (exact) mass is 250 g/mol. The van der Waals surface area contributed by atoms with Crippen LogP contribution in [0.2, 0.25) is 0 Å². The molecule has 1 aromatic rings. The lowest BCUT2D eigenvalue weighted by molar-refractivity contribution is 0.136. The molecule has 1 rings (SSSR count). The summed E-state index contributed by atoms with van der Waals surface area (Å²) >= 11 is 1.25. The third-order valence-electron chi connectivity index (χ3n) is 1.71. The average Bonchev–Trinajstić information content (AvgIpc) is 2.60. The minimum absolute atomic E-state index is 0.330. The molecule has 0 atom stereocenters. The van der Waals surface area contributed by atoms with Gasteiger partial charge in [-0.1, -0.05) is 0 Å². The van der Waals surface area contributed by atoms with E-state index in [0.717, 1.165) is 4.88 Å². The van der Waals surface area contributed by atoms with Crippen LogP contribution in [0.5, 0.6) is 0 Å². The highest BCUT2D eigenvalue weighted by atomic mass is 32.2. The highest BCUT2D eigenvalue weighted by Crippen LogP contribution is 2.19. The topological polar surface area (TPSA) is 81.4 Å². The van der Waals surface area contributed by atoms with Gasteiger partial charge >= 0.3 is 0 Å². The van der Waals surface area contributed by atoms with Crippen LogP contribution in [0.15, 0.2) is 16.3 Å². The molecule has 3 N–H and O–H groups in total. The maximum Gasteiger partial charge on any atom is 0.250 e. The van der Waals surface area contributed by atoms with E-state index in [2.05, 4.69) is 9.56 Å². The fraction of sp³-hybridized carbons (Fsp3) is 0.500. The minimum Gasteiger partial charge on any atom is -0.305 e. The summed E-state index contributed by atoms with van der Waals surface area (Å²) < 4.78 is 26.1. The molecule has 0 radical (unpaired) electrons. The zero-order chi connectivity index (χ0) is 11.3. The number of thiophene rings is 1. The van der Waals surface area contributed by atoms with Gasteiger partial charge in [0.2, 0.25) is 10.0 Å². The van der Waals surface area contributed by atoms with Crippen LogP contribution in [0.1, 0.15) is 11.3 Å². The second-order valence-electron chi connectivity index (χ2n) is 2.99. The molecule has 7 heteroatoms. The van der Waals surface area contributed by atoms with Crippen molar-refractivity contribution in [3.05, 3.63) is 17.0 Å². The molecule has 0 saturated heterocycles. The van der Waals surface area contributed by atoms with Crippen molar-refractivity contribution in [2.45, 2.75) is 17.6 Å². The fourth-order valence-electron chi connectivity index (χ4n) is 0.990. The smallest absolute Gasteiger partial charge is 0.250 e. The Bertz CT molecular complexity index is 400. The van der Waals surface area contributed by atoms with Gasteiger partial charge in [0.25, 0.3) is 0 Å². The molecule has 0 unspecified atom stereocenters. The van der Waals surface area contributed by atoms with Crippen LogP contribution in [0.4, 0.5) is 0 Å². The number of sulfonamides is 1. The summed E-state index contributed by atoms with van der Waals surface area (Å²) in [7, 11) is -3.35. The molecule has 0 bridgehead atoms. The summed E-state index contributed by atoms with van der Waals surface area (Å²) in [5.41, 5.74) is 0. The number of aryl methyl sites for hydroxylation is 1. The maximum atomic E-state index is 11.6. The van der Waals surface area contributed by atoms with Crippen LogP contribution in [0.3, 0.4) is 0 Å². The van der Waals surface area contributed by atoms with Gasteiger partial charge < -0.3 is 4.84 Å². The molecule has 1 aromatic heterocycles. The largest absolute Gasteiger partial charge is 0.305 e. The van der Waals surface area contributed by atoms with Gasteiger partial charge in [-0.2, -0.15) is 0 Å². The van der Waals surface area contributed by atoms with Gasteiger partial charge in [-0.25, -0.2) is 19.0 Å². The molecule has 0 saturated carbocycles. The second kappa shape index (κ2) is 5.57. The van der Waals surface area contributed by atoms with Crippen LogP contribution in [0.25, 0.3) is 0 Å². The summed E-state index contributed by atoms with van der Waals surface area (Å²) in [6.45, 7) is 2.54. The quantitative estimate of drug-likeness (QED) is 0.572. The Hall–Kier alpha value is -0.470. The van der Waals surface area contributed by atoms with Crippen LogP contribution in [0, 0.1) is 6.92 Å². The van der Waals surface area contributed by atoms with Crippen molar-refractivity contribution in [2.75, 3.05) is 13.2 Å². The normalized spacial score (nSPS) is 11.9. The van der Waals surface area contributed by atoms with E-state index in [0.29, 0.717) is 23.8 Å². The highest BCUT2D eigenvalue weighted by molar-refractivity contribution is 7.91. The SMILES string of the molecule is Cc1ccc(S(=O)(=O)NCCCON)s1. The molecule has 0 aliphatic carbocycles. The third kappa shape index (κ3) is 3.88. The van der Waals surface area contributed by atoms with Gasteiger partial charge in [-0.3, -0.25) is 0 Å². The Kier molecular flexibility index (Phi) is 4.68. The summed E-state index contributed by atoms with van der Waals surface area (Å²) in [4.78, 5) is 5.31. The van der Waals surface area contributed by atoms with E-state index in [1.807, 2.05) is 6.92 Å². The fourth-order valence-corrected chi connectivity index (χ4v) is 3.39. The van der Waals surface area contributed by atoms with Crippen LogP contribution in [-0.4, -0.2) is 21.6 Å². The summed E-state index contributed by atoms with van der Waals surface area (Å²) in [5, 5.41) is 0. The lowest BCUT2D eigenvalue weighted by Crippen LogP contribution is -2.25. The number of hydrogen-bond donors (Lipinski definition) is 2. The molecule has 0 aromatic carbocycles. The molecule has 15 heavy (non-hydrogen) atoms. The van der Waals surface area contributed by atoms with E-state index < -0.39 is 10.0 Å². The van der Waals surface area contributed by atoms with Gasteiger partial charge in [0.05, 0.1) is 6.61 Å². The van der Waals surface area contributed by atoms with E-state index in [1.54, 1.807) is 12.1 Å². The first-order valence-electron chi connectivity index (χ1n) is 4.44. The molecule has 0 spiro atoms. The molecule has 1 heterocycles. The molecule has 0 aliphatic rings. The van der Waals surface area contributed by atoms with Crippen molar-refractivity contribution in [3.63, 3.8) is 0 Å². The van der Waals surface area contributed by atoms with E-state index in [9.17, 15) is 8.42 Å². The predicted molar refractivity (Wildman–Crippen MR) is 59.0 cm³/mol. The number of rotatable bonds is 6. The van der Waals surface area contributed by atoms with E-state index >= 15 is 0 Å². The highest BCUT2D eigenvalue weighted by Gasteiger charge is 2.14. The zero-order valence-electron chi connectivity index (χ0n) is 8.39. The first-order chi connectivity index (χ1) is 7.06. The zero-order valence-corrected chi connectivity index (χ0v) is 10.0. The molecular weight excluding hydrogens is 236 g/mol. The van der Waals surface area contributed by atoms with Crippen LogP contribution < -0.4 is 10.6 Å². The standard InChI is InChI=1S/C8H14N2O3S2/c1-7-3-4-8(14-7)15(11,12)10-5-2-6-13-9/h3-4,10H,2,5-6,9H2,1H3. The van der Waals surface area contributed by atoms with Crippen molar-refractivity contribution in [1.82, 2.24) is 4.72 Å². The van der Waals surface area contributed by atoms with Crippen LogP contribution >= 0.6 is 11.3 Å². The Morgan fingerprint density at radius 2 is 2.27 bits per heavy atom. The van der Waals surface area contributed by atoms with Crippen molar-refractivity contribution < 1.29 is 13.3 Å². The first-order valence-corrected chi connectivity index (χ1v) is 6.74. The number of nitrogens with two attached hydrogens (primary N) is 1. The minimum atomic E-state index is -3.35. The van der Waals surface area contributed by atoms with E-state index in [-0.39, 0.29) is 0 Å². The number of hydrogen-bond acceptors (Lipinski definition) is 5. The van der Waals surface area contributed by atoms with Gasteiger partial charge in [-0.05, 0) is 25.5 Å². The Balaban J connectivity index is 2.53. The Morgan fingerprint density at radius 1 is 1.53 bits per heavy atom. The molecule has 0 amide bonds.